The van der Waals surface area contributed by atoms with Crippen LogP contribution in [-0.2, 0) is 4.57 Å². The summed E-state index contributed by atoms with van der Waals surface area (Å²) in [5, 5.41) is 0. The lowest BCUT2D eigenvalue weighted by atomic mass is 10.8. The fourth-order valence-corrected chi connectivity index (χ4v) is 1.07. The van der Waals surface area contributed by atoms with E-state index >= 15 is 0 Å². The molecule has 2 N–H and O–H groups in total. The molecule has 0 saturated carbocycles. The summed E-state index contributed by atoms with van der Waals surface area (Å²) in [6, 6.07) is 0. The summed E-state index contributed by atoms with van der Waals surface area (Å²) in [6.07, 6.45) is -0.319. The van der Waals surface area contributed by atoms with Gasteiger partial charge in [-0.1, -0.05) is 0 Å². The fraction of sp³-hybridized carbons (Fsp3) is 1.00. The molecule has 0 fully saturated rings. The average Bonchev–Trinajstić information content (AvgIpc) is 1.59. The molecule has 7 heteroatoms. The van der Waals surface area contributed by atoms with Crippen LogP contribution in [0.1, 0.15) is 0 Å². The highest BCUT2D eigenvalue weighted by Crippen LogP contribution is 2.33. The molecule has 0 aliphatic heterocycles. The lowest BCUT2D eigenvalue weighted by Gasteiger charge is -2.04. The Bertz CT molecular complexity index is 123. The van der Waals surface area contributed by atoms with E-state index < -0.39 is 7.60 Å². The Labute approximate surface area is 62.7 Å². The van der Waals surface area contributed by atoms with E-state index in [-0.39, 0.29) is 12.7 Å². The third-order valence-corrected chi connectivity index (χ3v) is 1.68. The molecule has 0 radical (unpaired) electrons. The van der Waals surface area contributed by atoms with E-state index in [1.807, 2.05) is 0 Å². The topological polar surface area (TPSA) is 60.8 Å². The summed E-state index contributed by atoms with van der Waals surface area (Å²) < 4.78 is 10.8. The van der Waals surface area contributed by atoms with Crippen molar-refractivity contribution in [2.24, 2.45) is 0 Å². The summed E-state index contributed by atoms with van der Waals surface area (Å²) >= 11 is 10.1. The van der Waals surface area contributed by atoms with Crippen LogP contribution in [0.5, 0.6) is 0 Å². The van der Waals surface area contributed by atoms with Crippen LogP contribution in [0.2, 0.25) is 0 Å². The Balaban J connectivity index is 3.40. The molecule has 0 unspecified atom stereocenters. The molecule has 0 bridgehead atoms. The molecule has 4 nitrogen and oxygen atoms in total. The van der Waals surface area contributed by atoms with Gasteiger partial charge in [-0.05, 0) is 23.6 Å². The maximum absolute atomic E-state index is 10.1. The number of hydrogen-bond donors (Lipinski definition) is 2. The van der Waals surface area contributed by atoms with E-state index in [0.29, 0.717) is 3.94 Å². The van der Waals surface area contributed by atoms with Gasteiger partial charge in [-0.25, -0.2) is 0 Å². The number of nitrogens with zero attached hydrogens (tertiary/aromatic N) is 1. The lowest BCUT2D eigenvalue weighted by Crippen LogP contribution is -2.05. The van der Waals surface area contributed by atoms with Gasteiger partial charge in [-0.15, -0.1) is 3.94 Å². The van der Waals surface area contributed by atoms with Gasteiger partial charge in [0, 0.05) is 6.54 Å². The molecule has 0 aromatic heterocycles. The molecular weight excluding hydrogens is 188 g/mol. The zero-order chi connectivity index (χ0) is 7.49. The summed E-state index contributed by atoms with van der Waals surface area (Å²) in [4.78, 5) is 16.5. The van der Waals surface area contributed by atoms with Gasteiger partial charge in [0.2, 0.25) is 0 Å². The fourth-order valence-electron chi connectivity index (χ4n) is 0.206. The second-order valence-electron chi connectivity index (χ2n) is 1.41. The van der Waals surface area contributed by atoms with Gasteiger partial charge in [-0.3, -0.25) is 4.57 Å². The molecule has 0 saturated heterocycles. The molecule has 0 aliphatic rings. The summed E-state index contributed by atoms with van der Waals surface area (Å²) in [5.74, 6) is 0. The Kier molecular flexibility index (Phi) is 4.05. The van der Waals surface area contributed by atoms with Crippen molar-refractivity contribution in [1.82, 2.24) is 3.94 Å². The third kappa shape index (κ3) is 8.69. The van der Waals surface area contributed by atoms with Gasteiger partial charge < -0.3 is 9.79 Å². The van der Waals surface area contributed by atoms with Crippen LogP contribution < -0.4 is 0 Å². The van der Waals surface area contributed by atoms with Crippen molar-refractivity contribution in [3.63, 3.8) is 0 Å². The predicted molar refractivity (Wildman–Crippen MR) is 35.3 cm³/mol. The second-order valence-corrected chi connectivity index (χ2v) is 4.18. The minimum atomic E-state index is -3.93. The maximum Gasteiger partial charge on any atom is 0.326 e. The molecule has 0 aromatic rings. The van der Waals surface area contributed by atoms with Crippen molar-refractivity contribution in [1.29, 1.82) is 0 Å². The van der Waals surface area contributed by atoms with Crippen LogP contribution in [0.25, 0.3) is 0 Å². The van der Waals surface area contributed by atoms with Crippen molar-refractivity contribution in [2.45, 2.75) is 0 Å². The van der Waals surface area contributed by atoms with E-state index in [4.69, 9.17) is 33.3 Å². The van der Waals surface area contributed by atoms with Gasteiger partial charge in [-0.2, -0.15) is 0 Å². The van der Waals surface area contributed by atoms with E-state index in [9.17, 15) is 4.57 Å². The van der Waals surface area contributed by atoms with E-state index in [0.717, 1.165) is 0 Å². The summed E-state index contributed by atoms with van der Waals surface area (Å²) in [7, 11) is -3.93. The van der Waals surface area contributed by atoms with E-state index in [1.54, 1.807) is 0 Å². The SMILES string of the molecule is O=P(O)(O)CCN(Cl)Cl. The lowest BCUT2D eigenvalue weighted by molar-refractivity contribution is 0.371. The molecule has 0 amide bonds. The van der Waals surface area contributed by atoms with Crippen LogP contribution in [0.4, 0.5) is 0 Å². The molecule has 0 aliphatic carbocycles. The maximum atomic E-state index is 10.1. The minimum absolute atomic E-state index is 0.0343. The van der Waals surface area contributed by atoms with Crippen molar-refractivity contribution in [2.75, 3.05) is 12.7 Å². The predicted octanol–water partition coefficient (Wildman–Crippen LogP) is 0.774. The first-order valence-electron chi connectivity index (χ1n) is 2.05. The van der Waals surface area contributed by atoms with Crippen LogP contribution >= 0.6 is 31.1 Å². The van der Waals surface area contributed by atoms with Gasteiger partial charge in [0.1, 0.15) is 0 Å². The van der Waals surface area contributed by atoms with Crippen molar-refractivity contribution in [3.8, 4) is 0 Å². The first-order chi connectivity index (χ1) is 3.92. The largest absolute Gasteiger partial charge is 0.326 e. The average molecular weight is 194 g/mol. The molecule has 0 aromatic carbocycles. The van der Waals surface area contributed by atoms with E-state index in [2.05, 4.69) is 0 Å². The van der Waals surface area contributed by atoms with Crippen LogP contribution in [0.15, 0.2) is 0 Å². The highest BCUT2D eigenvalue weighted by Gasteiger charge is 2.13. The quantitative estimate of drug-likeness (QED) is 0.514. The van der Waals surface area contributed by atoms with E-state index in [1.165, 1.54) is 0 Å². The molecular formula is C2H6Cl2NO3P. The Morgan fingerprint density at radius 3 is 2.00 bits per heavy atom. The monoisotopic (exact) mass is 193 g/mol. The Hall–Kier alpha value is 0.690. The Morgan fingerprint density at radius 1 is 1.44 bits per heavy atom. The summed E-state index contributed by atoms with van der Waals surface area (Å²) in [6.45, 7) is -0.0343. The number of rotatable bonds is 3. The zero-order valence-corrected chi connectivity index (χ0v) is 6.77. The number of halogens is 2. The molecule has 56 valence electrons. The highest BCUT2D eigenvalue weighted by atomic mass is 35.5. The van der Waals surface area contributed by atoms with Crippen LogP contribution in [0, 0.1) is 0 Å². The summed E-state index contributed by atoms with van der Waals surface area (Å²) in [5.41, 5.74) is 0. The van der Waals surface area contributed by atoms with Crippen LogP contribution in [0.3, 0.4) is 0 Å². The van der Waals surface area contributed by atoms with Gasteiger partial charge in [0.15, 0.2) is 0 Å². The first-order valence-corrected chi connectivity index (χ1v) is 4.53. The van der Waals surface area contributed by atoms with Crippen LogP contribution in [-0.4, -0.2) is 26.4 Å². The highest BCUT2D eigenvalue weighted by molar-refractivity contribution is 7.51. The molecule has 0 heterocycles. The normalized spacial score (nSPS) is 12.6. The standard InChI is InChI=1S/C2H6Cl2NO3P/c3-5(4)1-2-9(6,7)8/h1-2H2,(H2,6,7,8). The van der Waals surface area contributed by atoms with Gasteiger partial charge in [0.05, 0.1) is 6.16 Å². The zero-order valence-electron chi connectivity index (χ0n) is 4.37. The molecule has 0 atom stereocenters. The van der Waals surface area contributed by atoms with Crippen molar-refractivity contribution in [3.05, 3.63) is 0 Å². The van der Waals surface area contributed by atoms with Gasteiger partial charge >= 0.3 is 7.60 Å². The minimum Gasteiger partial charge on any atom is -0.324 e. The smallest absolute Gasteiger partial charge is 0.324 e. The first kappa shape index (κ1) is 9.69. The molecule has 0 spiro atoms. The van der Waals surface area contributed by atoms with Crippen molar-refractivity contribution >= 4 is 31.1 Å². The van der Waals surface area contributed by atoms with Crippen molar-refractivity contribution < 1.29 is 14.4 Å². The second kappa shape index (κ2) is 3.76. The molecule has 9 heavy (non-hydrogen) atoms. The Morgan fingerprint density at radius 2 is 1.89 bits per heavy atom. The third-order valence-electron chi connectivity index (χ3n) is 0.560. The molecule has 0 rings (SSSR count). The van der Waals surface area contributed by atoms with Gasteiger partial charge in [0.25, 0.3) is 0 Å². The number of hydrogen-bond acceptors (Lipinski definition) is 2.